The number of carbonyl (C=O) groups excluding carboxylic acids is 1. The van der Waals surface area contributed by atoms with Crippen LogP contribution in [0.2, 0.25) is 0 Å². The first-order chi connectivity index (χ1) is 9.50. The summed E-state index contributed by atoms with van der Waals surface area (Å²) in [5.41, 5.74) is 1.86. The largest absolute Gasteiger partial charge is 0.341 e. The van der Waals surface area contributed by atoms with Gasteiger partial charge in [-0.05, 0) is 31.0 Å². The van der Waals surface area contributed by atoms with E-state index in [0.717, 1.165) is 29.0 Å². The van der Waals surface area contributed by atoms with Gasteiger partial charge in [-0.3, -0.25) is 14.6 Å². The molecule has 0 aliphatic rings. The molecular weight excluding hydrogens is 274 g/mol. The quantitative estimate of drug-likeness (QED) is 0.857. The zero-order valence-electron chi connectivity index (χ0n) is 11.8. The molecule has 0 atom stereocenters. The van der Waals surface area contributed by atoms with Crippen LogP contribution in [0.4, 0.5) is 0 Å². The highest BCUT2D eigenvalue weighted by atomic mass is 32.1. The molecule has 0 aromatic carbocycles. The fraction of sp³-hybridized carbons (Fsp3) is 0.357. The number of likely N-dealkylation sites (N-methyl/N-ethyl adjacent to an activating group) is 1. The van der Waals surface area contributed by atoms with Crippen LogP contribution in [0.1, 0.15) is 20.9 Å². The van der Waals surface area contributed by atoms with Gasteiger partial charge >= 0.3 is 4.87 Å². The predicted octanol–water partition coefficient (Wildman–Crippen LogP) is 1.46. The summed E-state index contributed by atoms with van der Waals surface area (Å²) in [6.45, 7) is 2.40. The average molecular weight is 291 g/mol. The van der Waals surface area contributed by atoms with Crippen LogP contribution < -0.4 is 4.87 Å². The van der Waals surface area contributed by atoms with Gasteiger partial charge in [0.1, 0.15) is 4.88 Å². The van der Waals surface area contributed by atoms with E-state index in [1.807, 2.05) is 12.1 Å². The number of pyridine rings is 1. The van der Waals surface area contributed by atoms with Crippen LogP contribution in [0, 0.1) is 6.92 Å². The molecule has 0 bridgehead atoms. The van der Waals surface area contributed by atoms with Crippen molar-refractivity contribution in [1.82, 2.24) is 14.5 Å². The van der Waals surface area contributed by atoms with Crippen molar-refractivity contribution in [2.24, 2.45) is 7.05 Å². The lowest BCUT2D eigenvalue weighted by Crippen LogP contribution is -2.28. The summed E-state index contributed by atoms with van der Waals surface area (Å²) in [5.74, 6) is -0.0979. The molecule has 0 spiro atoms. The van der Waals surface area contributed by atoms with Gasteiger partial charge in [-0.25, -0.2) is 0 Å². The van der Waals surface area contributed by atoms with Crippen molar-refractivity contribution in [3.05, 3.63) is 50.3 Å². The van der Waals surface area contributed by atoms with E-state index in [1.165, 1.54) is 4.57 Å². The maximum absolute atomic E-state index is 12.3. The smallest absolute Gasteiger partial charge is 0.307 e. The van der Waals surface area contributed by atoms with Gasteiger partial charge in [0.05, 0.1) is 0 Å². The number of rotatable bonds is 4. The lowest BCUT2D eigenvalue weighted by Gasteiger charge is -2.16. The summed E-state index contributed by atoms with van der Waals surface area (Å²) in [6.07, 6.45) is 4.25. The molecule has 0 radical (unpaired) electrons. The second-order valence-electron chi connectivity index (χ2n) is 4.67. The molecule has 6 heteroatoms. The average Bonchev–Trinajstić information content (AvgIpc) is 2.72. The highest BCUT2D eigenvalue weighted by Gasteiger charge is 2.19. The van der Waals surface area contributed by atoms with E-state index in [0.29, 0.717) is 11.4 Å². The van der Waals surface area contributed by atoms with E-state index in [-0.39, 0.29) is 10.8 Å². The Bertz CT molecular complexity index is 661. The fourth-order valence-corrected chi connectivity index (χ4v) is 2.81. The second kappa shape index (κ2) is 6.00. The summed E-state index contributed by atoms with van der Waals surface area (Å²) in [6, 6.07) is 3.87. The van der Waals surface area contributed by atoms with E-state index in [9.17, 15) is 9.59 Å². The molecule has 0 fully saturated rings. The van der Waals surface area contributed by atoms with Crippen LogP contribution in [0.5, 0.6) is 0 Å². The number of nitrogens with zero attached hydrogens (tertiary/aromatic N) is 3. The molecule has 2 heterocycles. The first-order valence-electron chi connectivity index (χ1n) is 6.31. The summed E-state index contributed by atoms with van der Waals surface area (Å²) in [4.78, 5) is 29.9. The number of hydrogen-bond donors (Lipinski definition) is 0. The van der Waals surface area contributed by atoms with Crippen LogP contribution in [0.3, 0.4) is 0 Å². The topological polar surface area (TPSA) is 55.2 Å². The minimum atomic E-state index is -0.103. The van der Waals surface area contributed by atoms with Crippen LogP contribution in [-0.4, -0.2) is 34.0 Å². The van der Waals surface area contributed by atoms with Gasteiger partial charge in [-0.1, -0.05) is 11.3 Å². The van der Waals surface area contributed by atoms with Crippen molar-refractivity contribution in [2.75, 3.05) is 13.6 Å². The minimum absolute atomic E-state index is 0.0979. The molecule has 0 saturated carbocycles. The number of thiazole rings is 1. The summed E-state index contributed by atoms with van der Waals surface area (Å²) < 4.78 is 1.51. The first-order valence-corrected chi connectivity index (χ1v) is 7.13. The normalized spacial score (nSPS) is 10.6. The van der Waals surface area contributed by atoms with Gasteiger partial charge < -0.3 is 9.47 Å². The van der Waals surface area contributed by atoms with Gasteiger partial charge in [0.2, 0.25) is 0 Å². The SMILES string of the molecule is Cc1c(C(=O)N(C)CCc2ccncc2)sc(=O)n1C. The summed E-state index contributed by atoms with van der Waals surface area (Å²) >= 11 is 1.01. The Morgan fingerprint density at radius 1 is 1.40 bits per heavy atom. The summed E-state index contributed by atoms with van der Waals surface area (Å²) in [5, 5.41) is 0. The third kappa shape index (κ3) is 2.96. The Labute approximate surface area is 121 Å². The lowest BCUT2D eigenvalue weighted by molar-refractivity contribution is 0.0800. The molecule has 0 saturated heterocycles. The van der Waals surface area contributed by atoms with Crippen molar-refractivity contribution < 1.29 is 4.79 Å². The number of hydrogen-bond acceptors (Lipinski definition) is 4. The zero-order valence-corrected chi connectivity index (χ0v) is 12.6. The van der Waals surface area contributed by atoms with E-state index in [4.69, 9.17) is 0 Å². The van der Waals surface area contributed by atoms with Gasteiger partial charge in [-0.2, -0.15) is 0 Å². The second-order valence-corrected chi connectivity index (χ2v) is 5.64. The highest BCUT2D eigenvalue weighted by Crippen LogP contribution is 2.13. The molecule has 2 aromatic rings. The van der Waals surface area contributed by atoms with Crippen molar-refractivity contribution >= 4 is 17.2 Å². The number of amides is 1. The maximum atomic E-state index is 12.3. The number of aromatic nitrogens is 2. The molecule has 2 rings (SSSR count). The Balaban J connectivity index is 2.05. The predicted molar refractivity (Wildman–Crippen MR) is 79.2 cm³/mol. The van der Waals surface area contributed by atoms with Crippen LogP contribution >= 0.6 is 11.3 Å². The van der Waals surface area contributed by atoms with Gasteiger partial charge in [0.25, 0.3) is 5.91 Å². The standard InChI is InChI=1S/C14H17N3O2S/c1-10-12(20-14(19)17(10)3)13(18)16(2)9-6-11-4-7-15-8-5-11/h4-5,7-8H,6,9H2,1-3H3. The monoisotopic (exact) mass is 291 g/mol. The molecule has 2 aromatic heterocycles. The molecule has 1 amide bonds. The third-order valence-corrected chi connectivity index (χ3v) is 4.44. The molecule has 0 unspecified atom stereocenters. The van der Waals surface area contributed by atoms with Crippen LogP contribution in [0.15, 0.2) is 29.3 Å². The van der Waals surface area contributed by atoms with Crippen molar-refractivity contribution in [3.63, 3.8) is 0 Å². The van der Waals surface area contributed by atoms with E-state index in [2.05, 4.69) is 4.98 Å². The molecular formula is C14H17N3O2S. The Morgan fingerprint density at radius 2 is 2.05 bits per heavy atom. The van der Waals surface area contributed by atoms with Crippen LogP contribution in [0.25, 0.3) is 0 Å². The van der Waals surface area contributed by atoms with Gasteiger partial charge in [-0.15, -0.1) is 0 Å². The van der Waals surface area contributed by atoms with Gasteiger partial charge in [0, 0.05) is 38.7 Å². The Morgan fingerprint density at radius 3 is 2.60 bits per heavy atom. The molecule has 106 valence electrons. The molecule has 0 aliphatic carbocycles. The third-order valence-electron chi connectivity index (χ3n) is 3.32. The lowest BCUT2D eigenvalue weighted by atomic mass is 10.2. The Kier molecular flexibility index (Phi) is 4.34. The highest BCUT2D eigenvalue weighted by molar-refractivity contribution is 7.11. The Hall–Kier alpha value is -1.95. The number of carbonyl (C=O) groups is 1. The molecule has 5 nitrogen and oxygen atoms in total. The minimum Gasteiger partial charge on any atom is -0.341 e. The molecule has 0 N–H and O–H groups in total. The maximum Gasteiger partial charge on any atom is 0.307 e. The van der Waals surface area contributed by atoms with Crippen molar-refractivity contribution in [1.29, 1.82) is 0 Å². The van der Waals surface area contributed by atoms with E-state index in [1.54, 1.807) is 38.3 Å². The first kappa shape index (κ1) is 14.5. The zero-order chi connectivity index (χ0) is 14.7. The summed E-state index contributed by atoms with van der Waals surface area (Å²) in [7, 11) is 3.44. The van der Waals surface area contributed by atoms with E-state index >= 15 is 0 Å². The molecule has 20 heavy (non-hydrogen) atoms. The van der Waals surface area contributed by atoms with Crippen molar-refractivity contribution in [2.45, 2.75) is 13.3 Å². The fourth-order valence-electron chi connectivity index (χ4n) is 1.84. The van der Waals surface area contributed by atoms with Crippen LogP contribution in [-0.2, 0) is 13.5 Å². The molecule has 0 aliphatic heterocycles. The van der Waals surface area contributed by atoms with Gasteiger partial charge in [0.15, 0.2) is 0 Å². The van der Waals surface area contributed by atoms with E-state index < -0.39 is 0 Å². The van der Waals surface area contributed by atoms with Crippen molar-refractivity contribution in [3.8, 4) is 0 Å².